The predicted molar refractivity (Wildman–Crippen MR) is 75.2 cm³/mol. The normalized spacial score (nSPS) is 16.9. The second-order valence-corrected chi connectivity index (χ2v) is 5.21. The SMILES string of the molecule is COc1ccc(C(=O)NC(CN)C2CCCC2)c(F)c1. The van der Waals surface area contributed by atoms with Gasteiger partial charge in [0.05, 0.1) is 12.7 Å². The molecule has 2 rings (SSSR count). The standard InChI is InChI=1S/C15H21FN2O2/c1-20-11-6-7-12(13(16)8-11)15(19)18-14(9-17)10-4-2-3-5-10/h6-8,10,14H,2-5,9,17H2,1H3,(H,18,19). The van der Waals surface area contributed by atoms with E-state index >= 15 is 0 Å². The minimum Gasteiger partial charge on any atom is -0.497 e. The van der Waals surface area contributed by atoms with Crippen LogP contribution in [-0.4, -0.2) is 25.6 Å². The van der Waals surface area contributed by atoms with Crippen molar-refractivity contribution in [3.8, 4) is 5.75 Å². The summed E-state index contributed by atoms with van der Waals surface area (Å²) in [6, 6.07) is 4.14. The minimum atomic E-state index is -0.580. The van der Waals surface area contributed by atoms with E-state index in [9.17, 15) is 9.18 Å². The molecular weight excluding hydrogens is 259 g/mol. The fourth-order valence-electron chi connectivity index (χ4n) is 2.78. The molecule has 1 unspecified atom stereocenters. The van der Waals surface area contributed by atoms with E-state index in [1.54, 1.807) is 6.07 Å². The van der Waals surface area contributed by atoms with Gasteiger partial charge in [-0.25, -0.2) is 4.39 Å². The van der Waals surface area contributed by atoms with Crippen LogP contribution in [0.2, 0.25) is 0 Å². The second kappa shape index (κ2) is 6.70. The Morgan fingerprint density at radius 3 is 2.75 bits per heavy atom. The van der Waals surface area contributed by atoms with Crippen LogP contribution in [0.1, 0.15) is 36.0 Å². The lowest BCUT2D eigenvalue weighted by Gasteiger charge is -2.23. The first-order chi connectivity index (χ1) is 9.65. The molecule has 1 aromatic carbocycles. The Morgan fingerprint density at radius 1 is 1.50 bits per heavy atom. The molecule has 1 aromatic rings. The molecule has 0 heterocycles. The number of carbonyl (C=O) groups excluding carboxylic acids is 1. The summed E-state index contributed by atoms with van der Waals surface area (Å²) >= 11 is 0. The summed E-state index contributed by atoms with van der Waals surface area (Å²) in [5.74, 6) is -0.188. The minimum absolute atomic E-state index is 0.0299. The number of nitrogens with two attached hydrogens (primary N) is 1. The largest absolute Gasteiger partial charge is 0.497 e. The Kier molecular flexibility index (Phi) is 4.95. The van der Waals surface area contributed by atoms with Crippen molar-refractivity contribution in [2.24, 2.45) is 11.7 Å². The van der Waals surface area contributed by atoms with E-state index in [0.717, 1.165) is 12.8 Å². The summed E-state index contributed by atoms with van der Waals surface area (Å²) in [5.41, 5.74) is 5.76. The van der Waals surface area contributed by atoms with Crippen LogP contribution in [0.15, 0.2) is 18.2 Å². The molecule has 0 spiro atoms. The first-order valence-corrected chi connectivity index (χ1v) is 7.00. The third-order valence-corrected chi connectivity index (χ3v) is 3.96. The van der Waals surface area contributed by atoms with Crippen LogP contribution in [0.25, 0.3) is 0 Å². The molecule has 0 radical (unpaired) electrons. The molecule has 110 valence electrons. The third-order valence-electron chi connectivity index (χ3n) is 3.96. The van der Waals surface area contributed by atoms with Gasteiger partial charge >= 0.3 is 0 Å². The average Bonchev–Trinajstić information content (AvgIpc) is 2.98. The summed E-state index contributed by atoms with van der Waals surface area (Å²) < 4.78 is 18.8. The van der Waals surface area contributed by atoms with Crippen LogP contribution in [0.4, 0.5) is 4.39 Å². The lowest BCUT2D eigenvalue weighted by atomic mass is 9.98. The van der Waals surface area contributed by atoms with Gasteiger partial charge in [-0.05, 0) is 30.9 Å². The molecule has 4 nitrogen and oxygen atoms in total. The zero-order chi connectivity index (χ0) is 14.5. The molecule has 1 aliphatic rings. The van der Waals surface area contributed by atoms with E-state index in [-0.39, 0.29) is 11.6 Å². The van der Waals surface area contributed by atoms with Gasteiger partial charge < -0.3 is 15.8 Å². The molecular formula is C15H21FN2O2. The van der Waals surface area contributed by atoms with Crippen LogP contribution in [0.3, 0.4) is 0 Å². The van der Waals surface area contributed by atoms with E-state index in [0.29, 0.717) is 18.2 Å². The van der Waals surface area contributed by atoms with Gasteiger partial charge in [-0.3, -0.25) is 4.79 Å². The topological polar surface area (TPSA) is 64.3 Å². The molecule has 5 heteroatoms. The molecule has 0 bridgehead atoms. The van der Waals surface area contributed by atoms with Gasteiger partial charge in [0.2, 0.25) is 0 Å². The lowest BCUT2D eigenvalue weighted by molar-refractivity contribution is 0.0920. The Hall–Kier alpha value is -1.62. The predicted octanol–water partition coefficient (Wildman–Crippen LogP) is 2.08. The van der Waals surface area contributed by atoms with Gasteiger partial charge in [0, 0.05) is 18.7 Å². The summed E-state index contributed by atoms with van der Waals surface area (Å²) in [6.45, 7) is 0.383. The van der Waals surface area contributed by atoms with E-state index in [1.807, 2.05) is 0 Å². The number of methoxy groups -OCH3 is 1. The van der Waals surface area contributed by atoms with Gasteiger partial charge in [0.15, 0.2) is 0 Å². The Balaban J connectivity index is 2.06. The average molecular weight is 280 g/mol. The van der Waals surface area contributed by atoms with E-state index in [2.05, 4.69) is 5.32 Å². The molecule has 0 saturated heterocycles. The zero-order valence-corrected chi connectivity index (χ0v) is 11.7. The van der Waals surface area contributed by atoms with E-state index in [1.165, 1.54) is 32.1 Å². The highest BCUT2D eigenvalue weighted by Gasteiger charge is 2.26. The van der Waals surface area contributed by atoms with Crippen LogP contribution in [-0.2, 0) is 0 Å². The van der Waals surface area contributed by atoms with E-state index in [4.69, 9.17) is 10.5 Å². The number of rotatable bonds is 5. The molecule has 1 amide bonds. The van der Waals surface area contributed by atoms with Gasteiger partial charge in [0.1, 0.15) is 11.6 Å². The van der Waals surface area contributed by atoms with Gasteiger partial charge in [-0.15, -0.1) is 0 Å². The summed E-state index contributed by atoms with van der Waals surface area (Å²) in [4.78, 5) is 12.1. The van der Waals surface area contributed by atoms with Crippen molar-refractivity contribution >= 4 is 5.91 Å². The molecule has 3 N–H and O–H groups in total. The Labute approximate surface area is 118 Å². The highest BCUT2D eigenvalue weighted by atomic mass is 19.1. The maximum atomic E-state index is 13.8. The van der Waals surface area contributed by atoms with Gasteiger partial charge in [-0.2, -0.15) is 0 Å². The smallest absolute Gasteiger partial charge is 0.254 e. The van der Waals surface area contributed by atoms with Crippen molar-refractivity contribution in [2.45, 2.75) is 31.7 Å². The molecule has 1 atom stereocenters. The van der Waals surface area contributed by atoms with Crippen LogP contribution >= 0.6 is 0 Å². The highest BCUT2D eigenvalue weighted by Crippen LogP contribution is 2.27. The van der Waals surface area contributed by atoms with Crippen LogP contribution < -0.4 is 15.8 Å². The maximum Gasteiger partial charge on any atom is 0.254 e. The van der Waals surface area contributed by atoms with E-state index < -0.39 is 11.7 Å². The molecule has 0 aromatic heterocycles. The van der Waals surface area contributed by atoms with Crippen molar-refractivity contribution in [1.82, 2.24) is 5.32 Å². The van der Waals surface area contributed by atoms with Crippen molar-refractivity contribution < 1.29 is 13.9 Å². The summed E-state index contributed by atoms with van der Waals surface area (Å²) in [6.07, 6.45) is 4.50. The van der Waals surface area contributed by atoms with Crippen molar-refractivity contribution in [3.63, 3.8) is 0 Å². The number of nitrogens with one attached hydrogen (secondary N) is 1. The Bertz CT molecular complexity index is 473. The first kappa shape index (κ1) is 14.8. The summed E-state index contributed by atoms with van der Waals surface area (Å²) in [5, 5.41) is 2.86. The summed E-state index contributed by atoms with van der Waals surface area (Å²) in [7, 11) is 1.46. The first-order valence-electron chi connectivity index (χ1n) is 7.00. The van der Waals surface area contributed by atoms with Crippen LogP contribution in [0.5, 0.6) is 5.75 Å². The number of hydrogen-bond donors (Lipinski definition) is 2. The number of halogens is 1. The van der Waals surface area contributed by atoms with Gasteiger partial charge in [0.25, 0.3) is 5.91 Å². The Morgan fingerprint density at radius 2 is 2.20 bits per heavy atom. The molecule has 1 fully saturated rings. The van der Waals surface area contributed by atoms with Gasteiger partial charge in [-0.1, -0.05) is 12.8 Å². The molecule has 0 aliphatic heterocycles. The zero-order valence-electron chi connectivity index (χ0n) is 11.7. The van der Waals surface area contributed by atoms with Crippen molar-refractivity contribution in [2.75, 3.05) is 13.7 Å². The second-order valence-electron chi connectivity index (χ2n) is 5.21. The molecule has 20 heavy (non-hydrogen) atoms. The van der Waals surface area contributed by atoms with Crippen LogP contribution in [0, 0.1) is 11.7 Å². The number of ether oxygens (including phenoxy) is 1. The lowest BCUT2D eigenvalue weighted by Crippen LogP contribution is -2.44. The highest BCUT2D eigenvalue weighted by molar-refractivity contribution is 5.94. The third kappa shape index (κ3) is 3.28. The molecule has 1 aliphatic carbocycles. The number of benzene rings is 1. The fraction of sp³-hybridized carbons (Fsp3) is 0.533. The molecule has 1 saturated carbocycles. The maximum absolute atomic E-state index is 13.8. The monoisotopic (exact) mass is 280 g/mol. The quantitative estimate of drug-likeness (QED) is 0.868. The number of hydrogen-bond acceptors (Lipinski definition) is 3. The fourth-order valence-corrected chi connectivity index (χ4v) is 2.78. The number of amides is 1. The van der Waals surface area contributed by atoms with Crippen molar-refractivity contribution in [3.05, 3.63) is 29.6 Å². The van der Waals surface area contributed by atoms with Crippen molar-refractivity contribution in [1.29, 1.82) is 0 Å². The number of carbonyl (C=O) groups is 1.